The highest BCUT2D eigenvalue weighted by Crippen LogP contribution is 2.42. The molecule has 0 saturated carbocycles. The van der Waals surface area contributed by atoms with Crippen molar-refractivity contribution in [2.24, 2.45) is 0 Å². The molecule has 2 aliphatic heterocycles. The quantitative estimate of drug-likeness (QED) is 0.649. The van der Waals surface area contributed by atoms with Crippen molar-refractivity contribution in [1.82, 2.24) is 15.0 Å². The molecule has 0 spiro atoms. The molecule has 1 aliphatic carbocycles. The van der Waals surface area contributed by atoms with Gasteiger partial charge in [0.05, 0.1) is 36.4 Å². The summed E-state index contributed by atoms with van der Waals surface area (Å²) < 4.78 is 30.5. The molecule has 3 aliphatic rings. The third-order valence-corrected chi connectivity index (χ3v) is 9.42. The van der Waals surface area contributed by atoms with E-state index in [2.05, 4.69) is 16.8 Å². The van der Waals surface area contributed by atoms with E-state index in [9.17, 15) is 8.42 Å². The van der Waals surface area contributed by atoms with Gasteiger partial charge in [-0.1, -0.05) is 23.8 Å². The topological polar surface area (TPSA) is 85.3 Å². The Morgan fingerprint density at radius 3 is 2.84 bits per heavy atom. The number of rotatable bonds is 3. The number of morpholine rings is 1. The zero-order chi connectivity index (χ0) is 21.8. The van der Waals surface area contributed by atoms with Gasteiger partial charge in [0.2, 0.25) is 0 Å². The molecule has 5 rings (SSSR count). The second kappa shape index (κ2) is 7.53. The van der Waals surface area contributed by atoms with Crippen molar-refractivity contribution in [3.63, 3.8) is 0 Å². The van der Waals surface area contributed by atoms with Gasteiger partial charge in [0.25, 0.3) is 0 Å². The Morgan fingerprint density at radius 2 is 2.10 bits per heavy atom. The average molecular weight is 461 g/mol. The summed E-state index contributed by atoms with van der Waals surface area (Å²) in [6.07, 6.45) is 5.95. The summed E-state index contributed by atoms with van der Waals surface area (Å²) in [6, 6.07) is 3.75. The number of allylic oxidation sites excluding steroid dienone is 1. The number of hydrogen-bond donors (Lipinski definition) is 0. The zero-order valence-electron chi connectivity index (χ0n) is 17.6. The minimum atomic E-state index is -3.31. The molecule has 0 unspecified atom stereocenters. The number of nitrogens with zero attached hydrogens (tertiary/aromatic N) is 4. The first-order valence-electron chi connectivity index (χ1n) is 10.6. The first-order chi connectivity index (χ1) is 14.8. The van der Waals surface area contributed by atoms with E-state index in [0.717, 1.165) is 22.6 Å². The van der Waals surface area contributed by atoms with Crippen LogP contribution in [0.15, 0.2) is 18.2 Å². The van der Waals surface area contributed by atoms with E-state index in [-0.39, 0.29) is 11.8 Å². The molecule has 0 radical (unpaired) electrons. The van der Waals surface area contributed by atoms with Gasteiger partial charge in [-0.05, 0) is 32.8 Å². The molecular formula is C22H25ClN4O3S. The first kappa shape index (κ1) is 20.8. The number of anilines is 1. The summed E-state index contributed by atoms with van der Waals surface area (Å²) in [5, 5.41) is 0.382. The van der Waals surface area contributed by atoms with Gasteiger partial charge in [-0.25, -0.2) is 23.4 Å². The van der Waals surface area contributed by atoms with Crippen LogP contribution in [-0.2, 0) is 25.7 Å². The van der Waals surface area contributed by atoms with Crippen molar-refractivity contribution in [3.8, 4) is 11.4 Å². The number of hydrogen-bond acceptors (Lipinski definition) is 7. The fraction of sp³-hybridized carbons (Fsp3) is 0.500. The van der Waals surface area contributed by atoms with Crippen LogP contribution in [-0.4, -0.2) is 54.9 Å². The highest BCUT2D eigenvalue weighted by Gasteiger charge is 2.47. The SMILES string of the molecule is C[C@@H]1COCCN1c1cc([C@]2(C)CCCS2(=O)=O)nc(-c2cc(Cl)nc3c2C=CC3)n1. The molecule has 0 bridgehead atoms. The normalized spacial score (nSPS) is 26.9. The number of fused-ring (bicyclic) bond motifs is 1. The molecule has 31 heavy (non-hydrogen) atoms. The number of aromatic nitrogens is 3. The maximum Gasteiger partial charge on any atom is 0.162 e. The van der Waals surface area contributed by atoms with Gasteiger partial charge in [0.15, 0.2) is 15.7 Å². The Hall–Kier alpha value is -2.03. The van der Waals surface area contributed by atoms with Crippen LogP contribution in [0.25, 0.3) is 17.5 Å². The molecule has 2 fully saturated rings. The molecule has 2 aromatic heterocycles. The van der Waals surface area contributed by atoms with Gasteiger partial charge in [-0.3, -0.25) is 0 Å². The average Bonchev–Trinajstić information content (AvgIpc) is 3.31. The maximum atomic E-state index is 13.0. The molecule has 2 saturated heterocycles. The van der Waals surface area contributed by atoms with Crippen LogP contribution in [0.2, 0.25) is 5.15 Å². The molecular weight excluding hydrogens is 436 g/mol. The van der Waals surface area contributed by atoms with Crippen molar-refractivity contribution in [2.75, 3.05) is 30.4 Å². The Balaban J connectivity index is 1.73. The lowest BCUT2D eigenvalue weighted by Gasteiger charge is -2.35. The predicted octanol–water partition coefficient (Wildman–Crippen LogP) is 3.41. The first-order valence-corrected chi connectivity index (χ1v) is 12.6. The van der Waals surface area contributed by atoms with E-state index >= 15 is 0 Å². The van der Waals surface area contributed by atoms with Crippen molar-refractivity contribution in [3.05, 3.63) is 40.3 Å². The van der Waals surface area contributed by atoms with E-state index in [1.165, 1.54) is 0 Å². The summed E-state index contributed by atoms with van der Waals surface area (Å²) in [7, 11) is -3.31. The summed E-state index contributed by atoms with van der Waals surface area (Å²) in [5.41, 5.74) is 3.17. The molecule has 0 aromatic carbocycles. The highest BCUT2D eigenvalue weighted by atomic mass is 35.5. The minimum Gasteiger partial charge on any atom is -0.377 e. The number of halogens is 1. The largest absolute Gasteiger partial charge is 0.377 e. The standard InChI is InChI=1S/C22H25ClN4O3S/c1-14-13-30-9-8-27(14)20-12-18(22(2)7-4-10-31(22,28)29)25-21(26-20)16-11-19(23)24-17-6-3-5-15(16)17/h3,5,11-12,14H,4,6-10,13H2,1-2H3/t14-,22+/m1/s1. The Bertz CT molecular complexity index is 1180. The van der Waals surface area contributed by atoms with Crippen LogP contribution >= 0.6 is 11.6 Å². The number of ether oxygens (including phenoxy) is 1. The predicted molar refractivity (Wildman–Crippen MR) is 121 cm³/mol. The molecule has 2 aromatic rings. The summed E-state index contributed by atoms with van der Waals surface area (Å²) in [6.45, 7) is 5.77. The Labute approximate surface area is 187 Å². The highest BCUT2D eigenvalue weighted by molar-refractivity contribution is 7.92. The van der Waals surface area contributed by atoms with Gasteiger partial charge in [-0.15, -0.1) is 0 Å². The minimum absolute atomic E-state index is 0.129. The van der Waals surface area contributed by atoms with E-state index in [1.54, 1.807) is 13.0 Å². The van der Waals surface area contributed by atoms with E-state index in [0.29, 0.717) is 55.7 Å². The molecule has 4 heterocycles. The van der Waals surface area contributed by atoms with Crippen LogP contribution in [0, 0.1) is 0 Å². The molecule has 7 nitrogen and oxygen atoms in total. The van der Waals surface area contributed by atoms with Crippen molar-refractivity contribution >= 4 is 33.3 Å². The van der Waals surface area contributed by atoms with Crippen molar-refractivity contribution < 1.29 is 13.2 Å². The third-order valence-electron chi connectivity index (χ3n) is 6.61. The second-order valence-electron chi connectivity index (χ2n) is 8.67. The molecule has 0 amide bonds. The van der Waals surface area contributed by atoms with Gasteiger partial charge >= 0.3 is 0 Å². The van der Waals surface area contributed by atoms with Crippen LogP contribution in [0.5, 0.6) is 0 Å². The van der Waals surface area contributed by atoms with Crippen LogP contribution in [0.1, 0.15) is 43.6 Å². The fourth-order valence-corrected chi connectivity index (χ4v) is 6.76. The molecule has 0 N–H and O–H groups in total. The number of sulfone groups is 1. The summed E-state index contributed by atoms with van der Waals surface area (Å²) >= 11 is 6.31. The lowest BCUT2D eigenvalue weighted by molar-refractivity contribution is 0.0985. The molecule has 9 heteroatoms. The lowest BCUT2D eigenvalue weighted by Crippen LogP contribution is -2.44. The summed E-state index contributed by atoms with van der Waals surface area (Å²) in [4.78, 5) is 16.3. The maximum absolute atomic E-state index is 13.0. The van der Waals surface area contributed by atoms with E-state index < -0.39 is 14.6 Å². The van der Waals surface area contributed by atoms with Gasteiger partial charge in [0.1, 0.15) is 15.7 Å². The number of pyridine rings is 1. The molecule has 164 valence electrons. The van der Waals surface area contributed by atoms with Crippen molar-refractivity contribution in [1.29, 1.82) is 0 Å². The lowest BCUT2D eigenvalue weighted by atomic mass is 10.00. The fourth-order valence-electron chi connectivity index (χ4n) is 4.70. The van der Waals surface area contributed by atoms with Crippen LogP contribution in [0.3, 0.4) is 0 Å². The van der Waals surface area contributed by atoms with Gasteiger partial charge < -0.3 is 9.64 Å². The van der Waals surface area contributed by atoms with E-state index in [4.69, 9.17) is 26.3 Å². The van der Waals surface area contributed by atoms with E-state index in [1.807, 2.05) is 18.2 Å². The molecule has 2 atom stereocenters. The monoisotopic (exact) mass is 460 g/mol. The van der Waals surface area contributed by atoms with Crippen molar-refractivity contribution in [2.45, 2.75) is 43.9 Å². The zero-order valence-corrected chi connectivity index (χ0v) is 19.2. The summed E-state index contributed by atoms with van der Waals surface area (Å²) in [5.74, 6) is 1.40. The van der Waals surface area contributed by atoms with Crippen LogP contribution in [0.4, 0.5) is 5.82 Å². The Kier molecular flexibility index (Phi) is 5.07. The smallest absolute Gasteiger partial charge is 0.162 e. The Morgan fingerprint density at radius 1 is 1.26 bits per heavy atom. The van der Waals surface area contributed by atoms with Crippen LogP contribution < -0.4 is 4.90 Å². The van der Waals surface area contributed by atoms with Gasteiger partial charge in [-0.2, -0.15) is 0 Å². The third kappa shape index (κ3) is 3.45. The second-order valence-corrected chi connectivity index (χ2v) is 11.6. The van der Waals surface area contributed by atoms with Gasteiger partial charge in [0, 0.05) is 30.2 Å².